The lowest BCUT2D eigenvalue weighted by Crippen LogP contribution is -2.50. The van der Waals surface area contributed by atoms with E-state index < -0.39 is 0 Å². The van der Waals surface area contributed by atoms with E-state index in [-0.39, 0.29) is 5.92 Å². The number of hydrogen-bond acceptors (Lipinski definition) is 1. The molecular weight excluding hydrogens is 294 g/mol. The third kappa shape index (κ3) is 2.05. The van der Waals surface area contributed by atoms with Crippen molar-refractivity contribution in [3.63, 3.8) is 0 Å². The van der Waals surface area contributed by atoms with E-state index >= 15 is 0 Å². The lowest BCUT2D eigenvalue weighted by molar-refractivity contribution is -0.139. The molecular formula is C22H25NO. The van der Waals surface area contributed by atoms with Crippen LogP contribution in [0.1, 0.15) is 48.6 Å². The minimum Gasteiger partial charge on any atom is -0.342 e. The van der Waals surface area contributed by atoms with Gasteiger partial charge in [-0.3, -0.25) is 4.79 Å². The molecule has 1 heterocycles. The van der Waals surface area contributed by atoms with Crippen molar-refractivity contribution >= 4 is 5.91 Å². The maximum absolute atomic E-state index is 13.3. The zero-order valence-corrected chi connectivity index (χ0v) is 14.1. The van der Waals surface area contributed by atoms with Gasteiger partial charge in [-0.05, 0) is 54.6 Å². The normalized spacial score (nSPS) is 36.3. The zero-order valence-electron chi connectivity index (χ0n) is 14.1. The second-order valence-corrected chi connectivity index (χ2v) is 7.91. The first-order valence-electron chi connectivity index (χ1n) is 9.57. The molecule has 24 heavy (non-hydrogen) atoms. The first kappa shape index (κ1) is 14.5. The number of carbonyl (C=O) groups is 1. The number of amides is 1. The van der Waals surface area contributed by atoms with Crippen molar-refractivity contribution in [2.75, 3.05) is 13.1 Å². The highest BCUT2D eigenvalue weighted by Crippen LogP contribution is 2.59. The van der Waals surface area contributed by atoms with E-state index in [0.29, 0.717) is 29.6 Å². The van der Waals surface area contributed by atoms with Crippen molar-refractivity contribution in [1.82, 2.24) is 4.90 Å². The smallest absolute Gasteiger partial charge is 0.226 e. The first-order valence-corrected chi connectivity index (χ1v) is 9.57. The van der Waals surface area contributed by atoms with Gasteiger partial charge in [-0.15, -0.1) is 0 Å². The quantitative estimate of drug-likeness (QED) is 0.757. The molecule has 1 aliphatic heterocycles. The number of nitrogens with zero attached hydrogens (tertiary/aromatic N) is 1. The van der Waals surface area contributed by atoms with Gasteiger partial charge >= 0.3 is 0 Å². The highest BCUT2D eigenvalue weighted by atomic mass is 16.2. The van der Waals surface area contributed by atoms with E-state index in [1.165, 1.54) is 30.4 Å². The third-order valence-corrected chi connectivity index (χ3v) is 6.78. The van der Waals surface area contributed by atoms with E-state index in [0.717, 1.165) is 19.5 Å². The van der Waals surface area contributed by atoms with Crippen LogP contribution in [-0.4, -0.2) is 23.9 Å². The molecule has 5 atom stereocenters. The van der Waals surface area contributed by atoms with Crippen LogP contribution in [0.25, 0.3) is 0 Å². The number of benzene rings is 1. The molecule has 2 fully saturated rings. The highest BCUT2D eigenvalue weighted by molar-refractivity contribution is 5.81. The molecule has 5 aliphatic rings. The minimum atomic E-state index is 0.181. The Labute approximate surface area is 144 Å². The molecule has 0 aromatic heterocycles. The van der Waals surface area contributed by atoms with Gasteiger partial charge in [0.1, 0.15) is 0 Å². The average Bonchev–Trinajstić information content (AvgIpc) is 2.68. The van der Waals surface area contributed by atoms with E-state index in [4.69, 9.17) is 0 Å². The Morgan fingerprint density at radius 2 is 1.62 bits per heavy atom. The second kappa shape index (κ2) is 5.61. The van der Waals surface area contributed by atoms with Crippen LogP contribution < -0.4 is 0 Å². The summed E-state index contributed by atoms with van der Waals surface area (Å²) in [5.74, 6) is 2.58. The second-order valence-electron chi connectivity index (χ2n) is 7.91. The summed E-state index contributed by atoms with van der Waals surface area (Å²) in [6.07, 6.45) is 13.8. The summed E-state index contributed by atoms with van der Waals surface area (Å²) < 4.78 is 0. The van der Waals surface area contributed by atoms with Gasteiger partial charge in [0.15, 0.2) is 0 Å². The molecule has 5 unspecified atom stereocenters. The predicted molar refractivity (Wildman–Crippen MR) is 95.7 cm³/mol. The predicted octanol–water partition coefficient (Wildman–Crippen LogP) is 4.26. The molecule has 1 amide bonds. The Kier molecular flexibility index (Phi) is 3.39. The largest absolute Gasteiger partial charge is 0.342 e. The number of rotatable bonds is 1. The van der Waals surface area contributed by atoms with Gasteiger partial charge in [0.2, 0.25) is 5.91 Å². The van der Waals surface area contributed by atoms with Gasteiger partial charge in [0.05, 0.1) is 0 Å². The van der Waals surface area contributed by atoms with Crippen LogP contribution in [0, 0.1) is 17.8 Å². The lowest BCUT2D eigenvalue weighted by Gasteiger charge is -2.53. The van der Waals surface area contributed by atoms with Crippen LogP contribution in [0.5, 0.6) is 0 Å². The molecule has 4 aliphatic carbocycles. The molecule has 1 saturated carbocycles. The molecule has 1 aromatic rings. The van der Waals surface area contributed by atoms with Crippen molar-refractivity contribution in [2.24, 2.45) is 17.8 Å². The molecule has 1 aromatic carbocycles. The van der Waals surface area contributed by atoms with E-state index in [1.807, 2.05) is 0 Å². The molecule has 2 nitrogen and oxygen atoms in total. The molecule has 1 saturated heterocycles. The van der Waals surface area contributed by atoms with Crippen molar-refractivity contribution in [2.45, 2.75) is 37.5 Å². The number of likely N-dealkylation sites (tertiary alicyclic amines) is 1. The van der Waals surface area contributed by atoms with Gasteiger partial charge in [0, 0.05) is 24.9 Å². The minimum absolute atomic E-state index is 0.181. The molecule has 2 heteroatoms. The summed E-state index contributed by atoms with van der Waals surface area (Å²) in [5, 5.41) is 0. The number of allylic oxidation sites excluding steroid dienone is 4. The topological polar surface area (TPSA) is 20.3 Å². The van der Waals surface area contributed by atoms with Crippen molar-refractivity contribution in [3.05, 3.63) is 59.7 Å². The summed E-state index contributed by atoms with van der Waals surface area (Å²) in [4.78, 5) is 15.5. The standard InChI is InChI=1S/C22H25NO/c24-22(23-12-6-1-7-13-23)20-14-19-15-8-2-4-10-17(15)21(20)18-11-5-3-9-16(18)19/h2-5,8-11,15,17,19-21H,1,6-7,12-14H2. The molecule has 2 bridgehead atoms. The van der Waals surface area contributed by atoms with E-state index in [9.17, 15) is 4.79 Å². The Morgan fingerprint density at radius 1 is 0.917 bits per heavy atom. The number of piperidine rings is 1. The number of hydrogen-bond donors (Lipinski definition) is 0. The van der Waals surface area contributed by atoms with Gasteiger partial charge in [-0.25, -0.2) is 0 Å². The summed E-state index contributed by atoms with van der Waals surface area (Å²) in [5.41, 5.74) is 2.96. The fourth-order valence-corrected chi connectivity index (χ4v) is 5.76. The van der Waals surface area contributed by atoms with Crippen LogP contribution in [0.4, 0.5) is 0 Å². The lowest BCUT2D eigenvalue weighted by atomic mass is 9.51. The maximum atomic E-state index is 13.3. The molecule has 0 spiro atoms. The molecule has 0 radical (unpaired) electrons. The number of carbonyl (C=O) groups excluding carboxylic acids is 1. The summed E-state index contributed by atoms with van der Waals surface area (Å²) in [7, 11) is 0. The zero-order chi connectivity index (χ0) is 16.1. The molecule has 124 valence electrons. The Morgan fingerprint density at radius 3 is 2.42 bits per heavy atom. The van der Waals surface area contributed by atoms with Gasteiger partial charge in [-0.1, -0.05) is 48.6 Å². The van der Waals surface area contributed by atoms with Crippen LogP contribution >= 0.6 is 0 Å². The van der Waals surface area contributed by atoms with Crippen LogP contribution in [0.2, 0.25) is 0 Å². The van der Waals surface area contributed by atoms with E-state index in [1.54, 1.807) is 0 Å². The fourth-order valence-electron chi connectivity index (χ4n) is 5.76. The first-order chi connectivity index (χ1) is 11.8. The van der Waals surface area contributed by atoms with E-state index in [2.05, 4.69) is 53.5 Å². The summed E-state index contributed by atoms with van der Waals surface area (Å²) >= 11 is 0. The Hall–Kier alpha value is -1.83. The van der Waals surface area contributed by atoms with Crippen molar-refractivity contribution in [1.29, 1.82) is 0 Å². The molecule has 0 N–H and O–H groups in total. The van der Waals surface area contributed by atoms with Gasteiger partial charge < -0.3 is 4.90 Å². The van der Waals surface area contributed by atoms with Crippen LogP contribution in [-0.2, 0) is 4.79 Å². The Balaban J connectivity index is 1.54. The SMILES string of the molecule is O=C(C1CC2c3ccccc3C1C1C=CC=CC21)N1CCCCC1. The summed E-state index contributed by atoms with van der Waals surface area (Å²) in [6.45, 7) is 1.94. The monoisotopic (exact) mass is 319 g/mol. The third-order valence-electron chi connectivity index (χ3n) is 6.78. The highest BCUT2D eigenvalue weighted by Gasteiger charge is 2.52. The van der Waals surface area contributed by atoms with Crippen molar-refractivity contribution < 1.29 is 4.79 Å². The maximum Gasteiger partial charge on any atom is 0.226 e. The average molecular weight is 319 g/mol. The van der Waals surface area contributed by atoms with Gasteiger partial charge in [-0.2, -0.15) is 0 Å². The van der Waals surface area contributed by atoms with Crippen molar-refractivity contribution in [3.8, 4) is 0 Å². The van der Waals surface area contributed by atoms with Crippen LogP contribution in [0.15, 0.2) is 48.6 Å². The number of fused-ring (bicyclic) bond motifs is 1. The fraction of sp³-hybridized carbons (Fsp3) is 0.500. The molecule has 6 rings (SSSR count). The Bertz CT molecular complexity index is 712. The van der Waals surface area contributed by atoms with Gasteiger partial charge in [0.25, 0.3) is 0 Å². The summed E-state index contributed by atoms with van der Waals surface area (Å²) in [6, 6.07) is 8.90. The van der Waals surface area contributed by atoms with Crippen LogP contribution in [0.3, 0.4) is 0 Å².